The zero-order valence-electron chi connectivity index (χ0n) is 17.6. The number of thiophene rings is 1. The van der Waals surface area contributed by atoms with Crippen LogP contribution in [-0.4, -0.2) is 38.4 Å². The molecule has 160 valence electrons. The first-order valence-corrected chi connectivity index (χ1v) is 12.1. The van der Waals surface area contributed by atoms with E-state index >= 15 is 0 Å². The minimum atomic E-state index is -0.125. The SMILES string of the molecule is COc1ccccc1NC(=O)CSc1nnc2c3c4c(sc3nc(C)n12)CC(C)CC4. The Labute approximate surface area is 188 Å². The van der Waals surface area contributed by atoms with Gasteiger partial charge in [-0.3, -0.25) is 9.20 Å². The lowest BCUT2D eigenvalue weighted by Crippen LogP contribution is -2.15. The lowest BCUT2D eigenvalue weighted by atomic mass is 9.89. The quantitative estimate of drug-likeness (QED) is 0.448. The first-order valence-electron chi connectivity index (χ1n) is 10.3. The number of aromatic nitrogens is 4. The van der Waals surface area contributed by atoms with Gasteiger partial charge in [0.15, 0.2) is 10.8 Å². The first-order chi connectivity index (χ1) is 15.0. The van der Waals surface area contributed by atoms with Crippen LogP contribution in [0.3, 0.4) is 0 Å². The third-order valence-electron chi connectivity index (χ3n) is 5.65. The molecule has 4 aromatic rings. The van der Waals surface area contributed by atoms with Gasteiger partial charge in [-0.25, -0.2) is 4.98 Å². The van der Waals surface area contributed by atoms with Gasteiger partial charge in [0, 0.05) is 4.88 Å². The van der Waals surface area contributed by atoms with Crippen molar-refractivity contribution in [3.05, 3.63) is 40.5 Å². The molecule has 0 saturated carbocycles. The number of benzene rings is 1. The summed E-state index contributed by atoms with van der Waals surface area (Å²) in [6.45, 7) is 4.28. The number of nitrogens with one attached hydrogen (secondary N) is 1. The van der Waals surface area contributed by atoms with E-state index in [0.717, 1.165) is 34.5 Å². The first kappa shape index (κ1) is 20.3. The van der Waals surface area contributed by atoms with E-state index in [0.29, 0.717) is 22.5 Å². The summed E-state index contributed by atoms with van der Waals surface area (Å²) in [4.78, 5) is 19.9. The number of hydrogen-bond acceptors (Lipinski definition) is 7. The fraction of sp³-hybridized carbons (Fsp3) is 0.364. The standard InChI is InChI=1S/C22H23N5O2S2/c1-12-8-9-14-17(10-12)31-21-19(14)20-25-26-22(27(20)13(2)23-21)30-11-18(28)24-15-6-4-5-7-16(15)29-3/h4-7,12H,8-11H2,1-3H3,(H,24,28). The van der Waals surface area contributed by atoms with E-state index in [4.69, 9.17) is 9.72 Å². The maximum atomic E-state index is 12.5. The van der Waals surface area contributed by atoms with Crippen molar-refractivity contribution in [1.82, 2.24) is 19.6 Å². The molecule has 1 unspecified atom stereocenters. The molecule has 1 amide bonds. The largest absolute Gasteiger partial charge is 0.495 e. The van der Waals surface area contributed by atoms with Crippen LogP contribution >= 0.6 is 23.1 Å². The van der Waals surface area contributed by atoms with Gasteiger partial charge < -0.3 is 10.1 Å². The van der Waals surface area contributed by atoms with Crippen LogP contribution in [0.2, 0.25) is 0 Å². The molecular weight excluding hydrogens is 430 g/mol. The van der Waals surface area contributed by atoms with Gasteiger partial charge in [0.05, 0.1) is 23.9 Å². The van der Waals surface area contributed by atoms with Gasteiger partial charge in [-0.05, 0) is 49.8 Å². The fourth-order valence-corrected chi connectivity index (χ4v) is 6.33. The number of carbonyl (C=O) groups excluding carboxylic acids is 1. The zero-order valence-corrected chi connectivity index (χ0v) is 19.3. The molecule has 0 saturated heterocycles. The van der Waals surface area contributed by atoms with Crippen molar-refractivity contribution < 1.29 is 9.53 Å². The molecular formula is C22H23N5O2S2. The number of fused-ring (bicyclic) bond motifs is 5. The zero-order chi connectivity index (χ0) is 21.5. The Morgan fingerprint density at radius 1 is 1.35 bits per heavy atom. The molecule has 0 spiro atoms. The number of para-hydroxylation sites is 2. The van der Waals surface area contributed by atoms with Crippen LogP contribution in [0.1, 0.15) is 29.6 Å². The molecule has 3 aromatic heterocycles. The Bertz CT molecular complexity index is 1300. The highest BCUT2D eigenvalue weighted by molar-refractivity contribution is 7.99. The Morgan fingerprint density at radius 2 is 2.19 bits per heavy atom. The van der Waals surface area contributed by atoms with Gasteiger partial charge in [0.25, 0.3) is 0 Å². The van der Waals surface area contributed by atoms with E-state index in [1.807, 2.05) is 35.6 Å². The normalized spacial score (nSPS) is 15.9. The van der Waals surface area contributed by atoms with Crippen LogP contribution in [0.25, 0.3) is 15.9 Å². The number of carbonyl (C=O) groups is 1. The van der Waals surface area contributed by atoms with E-state index in [-0.39, 0.29) is 11.7 Å². The number of hydrogen-bond donors (Lipinski definition) is 1. The molecule has 3 heterocycles. The lowest BCUT2D eigenvalue weighted by molar-refractivity contribution is -0.113. The fourth-order valence-electron chi connectivity index (χ4n) is 4.12. The van der Waals surface area contributed by atoms with Gasteiger partial charge in [0.1, 0.15) is 16.4 Å². The molecule has 9 heteroatoms. The molecule has 1 aliphatic carbocycles. The van der Waals surface area contributed by atoms with Gasteiger partial charge in [0.2, 0.25) is 5.91 Å². The summed E-state index contributed by atoms with van der Waals surface area (Å²) in [6.07, 6.45) is 3.37. The molecule has 1 aromatic carbocycles. The van der Waals surface area contributed by atoms with E-state index in [9.17, 15) is 4.79 Å². The summed E-state index contributed by atoms with van der Waals surface area (Å²) in [7, 11) is 1.59. The second-order valence-electron chi connectivity index (χ2n) is 7.87. The average molecular weight is 454 g/mol. The maximum absolute atomic E-state index is 12.5. The van der Waals surface area contributed by atoms with Crippen LogP contribution < -0.4 is 10.1 Å². The van der Waals surface area contributed by atoms with Crippen LogP contribution in [0.5, 0.6) is 5.75 Å². The predicted octanol–water partition coefficient (Wildman–Crippen LogP) is 4.51. The number of amides is 1. The molecule has 1 N–H and O–H groups in total. The Balaban J connectivity index is 1.42. The third-order valence-corrected chi connectivity index (χ3v) is 7.73. The van der Waals surface area contributed by atoms with Crippen molar-refractivity contribution >= 4 is 50.6 Å². The molecule has 31 heavy (non-hydrogen) atoms. The molecule has 1 aliphatic rings. The minimum absolute atomic E-state index is 0.125. The monoisotopic (exact) mass is 453 g/mol. The van der Waals surface area contributed by atoms with Gasteiger partial charge in [-0.15, -0.1) is 21.5 Å². The molecule has 0 bridgehead atoms. The number of rotatable bonds is 5. The molecule has 0 radical (unpaired) electrons. The molecule has 0 aliphatic heterocycles. The van der Waals surface area contributed by atoms with E-state index in [2.05, 4.69) is 22.4 Å². The van der Waals surface area contributed by atoms with Crippen molar-refractivity contribution in [2.45, 2.75) is 38.3 Å². The van der Waals surface area contributed by atoms with Gasteiger partial charge in [-0.1, -0.05) is 30.8 Å². The summed E-state index contributed by atoms with van der Waals surface area (Å²) in [5, 5.41) is 13.6. The Morgan fingerprint density at radius 3 is 3.03 bits per heavy atom. The second-order valence-corrected chi connectivity index (χ2v) is 9.90. The van der Waals surface area contributed by atoms with Gasteiger partial charge >= 0.3 is 0 Å². The van der Waals surface area contributed by atoms with Crippen LogP contribution in [0.4, 0.5) is 5.69 Å². The van der Waals surface area contributed by atoms with Crippen molar-refractivity contribution in [1.29, 1.82) is 0 Å². The van der Waals surface area contributed by atoms with Crippen LogP contribution in [0, 0.1) is 12.8 Å². The van der Waals surface area contributed by atoms with Crippen molar-refractivity contribution in [3.8, 4) is 5.75 Å². The number of thioether (sulfide) groups is 1. The molecule has 1 atom stereocenters. The third kappa shape index (κ3) is 3.65. The number of nitrogens with zero attached hydrogens (tertiary/aromatic N) is 4. The molecule has 7 nitrogen and oxygen atoms in total. The van der Waals surface area contributed by atoms with E-state index in [1.54, 1.807) is 18.4 Å². The Kier molecular flexibility index (Phi) is 5.31. The highest BCUT2D eigenvalue weighted by Gasteiger charge is 2.25. The summed E-state index contributed by atoms with van der Waals surface area (Å²) >= 11 is 3.15. The molecule has 0 fully saturated rings. The number of aryl methyl sites for hydroxylation is 2. The smallest absolute Gasteiger partial charge is 0.234 e. The van der Waals surface area contributed by atoms with Crippen molar-refractivity contribution in [3.63, 3.8) is 0 Å². The van der Waals surface area contributed by atoms with Gasteiger partial charge in [-0.2, -0.15) is 0 Å². The average Bonchev–Trinajstić information content (AvgIpc) is 3.33. The van der Waals surface area contributed by atoms with Crippen LogP contribution in [-0.2, 0) is 17.6 Å². The summed E-state index contributed by atoms with van der Waals surface area (Å²) in [6, 6.07) is 7.36. The van der Waals surface area contributed by atoms with Crippen molar-refractivity contribution in [2.24, 2.45) is 5.92 Å². The van der Waals surface area contributed by atoms with E-state index < -0.39 is 0 Å². The van der Waals surface area contributed by atoms with E-state index in [1.165, 1.54) is 28.6 Å². The van der Waals surface area contributed by atoms with Crippen LogP contribution in [0.15, 0.2) is 29.4 Å². The highest BCUT2D eigenvalue weighted by Crippen LogP contribution is 2.39. The predicted molar refractivity (Wildman–Crippen MR) is 124 cm³/mol. The summed E-state index contributed by atoms with van der Waals surface area (Å²) in [5.74, 6) is 2.28. The minimum Gasteiger partial charge on any atom is -0.495 e. The number of ether oxygens (including phenoxy) is 1. The highest BCUT2D eigenvalue weighted by atomic mass is 32.2. The van der Waals surface area contributed by atoms with Crippen molar-refractivity contribution in [2.75, 3.05) is 18.2 Å². The topological polar surface area (TPSA) is 81.4 Å². The number of methoxy groups -OCH3 is 1. The second kappa shape index (κ2) is 8.12. The molecule has 5 rings (SSSR count). The summed E-state index contributed by atoms with van der Waals surface area (Å²) in [5.41, 5.74) is 2.89. The lowest BCUT2D eigenvalue weighted by Gasteiger charge is -2.17. The Hall–Kier alpha value is -2.65. The maximum Gasteiger partial charge on any atom is 0.234 e. The summed E-state index contributed by atoms with van der Waals surface area (Å²) < 4.78 is 7.28. The number of anilines is 1.